The number of hydrogen-bond donors (Lipinski definition) is 1. The quantitative estimate of drug-likeness (QED) is 0.784. The topological polar surface area (TPSA) is 46.2 Å². The van der Waals surface area contributed by atoms with Gasteiger partial charge < -0.3 is 5.32 Å². The molecule has 0 aromatic rings. The Morgan fingerprint density at radius 1 is 0.960 bits per heavy atom. The summed E-state index contributed by atoms with van der Waals surface area (Å²) in [4.78, 5) is 25.9. The molecule has 0 unspecified atom stereocenters. The first-order valence-corrected chi connectivity index (χ1v) is 10.0. The molecule has 0 spiro atoms. The first kappa shape index (κ1) is 17.3. The predicted octanol–water partition coefficient (Wildman–Crippen LogP) is 4.13. The van der Waals surface area contributed by atoms with Crippen LogP contribution in [0.15, 0.2) is 11.8 Å². The molecule has 0 amide bonds. The molecule has 0 aliphatic heterocycles. The number of allylic oxidation sites excluding steroid dienone is 1. The summed E-state index contributed by atoms with van der Waals surface area (Å²) in [5, 5.41) is 3.41. The van der Waals surface area contributed by atoms with Crippen molar-refractivity contribution in [2.75, 3.05) is 6.54 Å². The predicted molar refractivity (Wildman–Crippen MR) is 98.8 cm³/mol. The second-order valence-corrected chi connectivity index (χ2v) is 10.7. The van der Waals surface area contributed by atoms with Gasteiger partial charge in [0.05, 0.1) is 0 Å². The van der Waals surface area contributed by atoms with Gasteiger partial charge in [0.15, 0.2) is 5.78 Å². The van der Waals surface area contributed by atoms with Crippen LogP contribution in [0.1, 0.15) is 67.2 Å². The Kier molecular flexibility index (Phi) is 3.31. The average Bonchev–Trinajstić information content (AvgIpc) is 3.01. The molecular formula is C22H33NO2. The zero-order chi connectivity index (χ0) is 18.4. The minimum absolute atomic E-state index is 0.0509. The van der Waals surface area contributed by atoms with Crippen molar-refractivity contribution in [3.05, 3.63) is 11.8 Å². The second-order valence-electron chi connectivity index (χ2n) is 10.7. The molecule has 0 saturated heterocycles. The van der Waals surface area contributed by atoms with Crippen LogP contribution in [-0.4, -0.2) is 18.1 Å². The van der Waals surface area contributed by atoms with Gasteiger partial charge in [0.25, 0.3) is 0 Å². The number of hydrogen-bond acceptors (Lipinski definition) is 3. The first-order chi connectivity index (χ1) is 11.5. The third-order valence-corrected chi connectivity index (χ3v) is 9.63. The number of Topliss-reactive ketones (excluding diaryl/α,β-unsaturated/α-hetero) is 2. The van der Waals surface area contributed by atoms with Crippen LogP contribution in [0.2, 0.25) is 0 Å². The largest absolute Gasteiger partial charge is 0.390 e. The summed E-state index contributed by atoms with van der Waals surface area (Å²) < 4.78 is 0. The molecule has 138 valence electrons. The third kappa shape index (κ3) is 1.78. The van der Waals surface area contributed by atoms with Crippen LogP contribution >= 0.6 is 0 Å². The number of fused-ring (bicyclic) bond motifs is 4. The van der Waals surface area contributed by atoms with Gasteiger partial charge in [-0.1, -0.05) is 41.5 Å². The van der Waals surface area contributed by atoms with Gasteiger partial charge >= 0.3 is 0 Å². The molecule has 4 aliphatic carbocycles. The van der Waals surface area contributed by atoms with Crippen LogP contribution in [0.3, 0.4) is 0 Å². The van der Waals surface area contributed by atoms with E-state index in [0.29, 0.717) is 29.9 Å². The number of nitrogens with one attached hydrogen (secondary N) is 1. The van der Waals surface area contributed by atoms with Gasteiger partial charge in [-0.3, -0.25) is 9.59 Å². The van der Waals surface area contributed by atoms with Gasteiger partial charge in [0, 0.05) is 35.1 Å². The Labute approximate surface area is 152 Å². The van der Waals surface area contributed by atoms with Crippen LogP contribution in [-0.2, 0) is 9.59 Å². The lowest BCUT2D eigenvalue weighted by molar-refractivity contribution is -0.131. The monoisotopic (exact) mass is 343 g/mol. The summed E-state index contributed by atoms with van der Waals surface area (Å²) >= 11 is 0. The normalized spacial score (nSPS) is 47.9. The van der Waals surface area contributed by atoms with E-state index in [2.05, 4.69) is 46.9 Å². The van der Waals surface area contributed by atoms with Gasteiger partial charge in [-0.2, -0.15) is 0 Å². The molecule has 3 heteroatoms. The minimum atomic E-state index is -0.205. The maximum atomic E-state index is 12.9. The highest BCUT2D eigenvalue weighted by Crippen LogP contribution is 2.66. The van der Waals surface area contributed by atoms with Crippen molar-refractivity contribution in [1.82, 2.24) is 5.32 Å². The Balaban J connectivity index is 1.50. The van der Waals surface area contributed by atoms with Crippen LogP contribution < -0.4 is 5.32 Å². The van der Waals surface area contributed by atoms with Crippen molar-refractivity contribution >= 4 is 11.6 Å². The Morgan fingerprint density at radius 3 is 2.12 bits per heavy atom. The fourth-order valence-electron chi connectivity index (χ4n) is 6.90. The number of carbonyl (C=O) groups is 2. The second kappa shape index (κ2) is 4.78. The van der Waals surface area contributed by atoms with Gasteiger partial charge in [0.1, 0.15) is 5.78 Å². The third-order valence-electron chi connectivity index (χ3n) is 9.63. The molecule has 0 heterocycles. The molecule has 5 atom stereocenters. The van der Waals surface area contributed by atoms with Crippen molar-refractivity contribution in [2.24, 2.45) is 39.4 Å². The summed E-state index contributed by atoms with van der Waals surface area (Å²) in [5.74, 6) is 1.70. The molecule has 0 aromatic heterocycles. The van der Waals surface area contributed by atoms with E-state index in [1.807, 2.05) is 6.20 Å². The van der Waals surface area contributed by atoms with Gasteiger partial charge in [-0.15, -0.1) is 0 Å². The Hall–Kier alpha value is -1.12. The highest BCUT2D eigenvalue weighted by Gasteiger charge is 2.66. The molecule has 4 fully saturated rings. The molecule has 1 N–H and O–H groups in total. The van der Waals surface area contributed by atoms with Crippen LogP contribution in [0.4, 0.5) is 0 Å². The zero-order valence-corrected chi connectivity index (χ0v) is 16.7. The summed E-state index contributed by atoms with van der Waals surface area (Å²) in [6.45, 7) is 14.0. The molecular weight excluding hydrogens is 310 g/mol. The SMILES string of the molecule is CC1(C)[C@H]2CC[C@@]1(C)C(=O)/C2=C\NC[C@H]1C(=O)[C@@]2(C)CC[C@H]1C2(C)C. The van der Waals surface area contributed by atoms with Gasteiger partial charge in [-0.25, -0.2) is 0 Å². The summed E-state index contributed by atoms with van der Waals surface area (Å²) in [7, 11) is 0. The average molecular weight is 344 g/mol. The van der Waals surface area contributed by atoms with Crippen LogP contribution in [0.5, 0.6) is 0 Å². The summed E-state index contributed by atoms with van der Waals surface area (Å²) in [6, 6.07) is 0. The van der Waals surface area contributed by atoms with Crippen molar-refractivity contribution in [3.8, 4) is 0 Å². The van der Waals surface area contributed by atoms with Crippen molar-refractivity contribution < 1.29 is 9.59 Å². The lowest BCUT2D eigenvalue weighted by Crippen LogP contribution is -2.36. The molecule has 4 aliphatic rings. The van der Waals surface area contributed by atoms with E-state index in [1.54, 1.807) is 0 Å². The van der Waals surface area contributed by atoms with E-state index >= 15 is 0 Å². The standard InChI is InChI=1S/C22H33NO2/c1-19(2)15-7-9-21(19,5)17(24)13(15)11-23-12-14-16-8-10-22(6,18(14)25)20(16,3)4/h11,14-16,23H,7-10,12H2,1-6H3/b13-11-/t14-,15+,16-,21+,22-/m1/s1. The molecule has 0 aromatic carbocycles. The highest BCUT2D eigenvalue weighted by molar-refractivity contribution is 6.04. The van der Waals surface area contributed by atoms with Gasteiger partial charge in [0.2, 0.25) is 0 Å². The fourth-order valence-corrected chi connectivity index (χ4v) is 6.90. The van der Waals surface area contributed by atoms with E-state index in [0.717, 1.165) is 31.3 Å². The smallest absolute Gasteiger partial charge is 0.167 e. The Morgan fingerprint density at radius 2 is 1.60 bits per heavy atom. The molecule has 4 saturated carbocycles. The number of ketones is 2. The molecule has 25 heavy (non-hydrogen) atoms. The maximum absolute atomic E-state index is 12.9. The van der Waals surface area contributed by atoms with Crippen LogP contribution in [0.25, 0.3) is 0 Å². The van der Waals surface area contributed by atoms with Crippen LogP contribution in [0, 0.1) is 39.4 Å². The van der Waals surface area contributed by atoms with E-state index in [9.17, 15) is 9.59 Å². The van der Waals surface area contributed by atoms with Crippen molar-refractivity contribution in [1.29, 1.82) is 0 Å². The fraction of sp³-hybridized carbons (Fsp3) is 0.818. The molecule has 0 radical (unpaired) electrons. The van der Waals surface area contributed by atoms with E-state index in [4.69, 9.17) is 0 Å². The molecule has 4 bridgehead atoms. The maximum Gasteiger partial charge on any atom is 0.167 e. The highest BCUT2D eigenvalue weighted by atomic mass is 16.1. The minimum Gasteiger partial charge on any atom is -0.390 e. The first-order valence-electron chi connectivity index (χ1n) is 10.0. The van der Waals surface area contributed by atoms with Crippen molar-refractivity contribution in [2.45, 2.75) is 67.2 Å². The van der Waals surface area contributed by atoms with Crippen molar-refractivity contribution in [3.63, 3.8) is 0 Å². The van der Waals surface area contributed by atoms with E-state index in [1.165, 1.54) is 0 Å². The van der Waals surface area contributed by atoms with E-state index < -0.39 is 0 Å². The molecule has 4 rings (SSSR count). The number of carbonyl (C=O) groups excluding carboxylic acids is 2. The zero-order valence-electron chi connectivity index (χ0n) is 16.7. The Bertz CT molecular complexity index is 688. The van der Waals surface area contributed by atoms with Gasteiger partial charge in [-0.05, 0) is 48.3 Å². The molecule has 3 nitrogen and oxygen atoms in total. The lowest BCUT2D eigenvalue weighted by Gasteiger charge is -2.32. The summed E-state index contributed by atoms with van der Waals surface area (Å²) in [5.41, 5.74) is 0.758. The number of rotatable bonds is 3. The summed E-state index contributed by atoms with van der Waals surface area (Å²) in [6.07, 6.45) is 6.28. The van der Waals surface area contributed by atoms with E-state index in [-0.39, 0.29) is 27.6 Å². The lowest BCUT2D eigenvalue weighted by atomic mass is 9.70.